The highest BCUT2D eigenvalue weighted by atomic mass is 16.3. The zero-order chi connectivity index (χ0) is 20.4. The number of imidazole rings is 1. The second-order valence-corrected chi connectivity index (χ2v) is 6.24. The first-order valence-electron chi connectivity index (χ1n) is 8.59. The average Bonchev–Trinajstić information content (AvgIpc) is 3.10. The molecule has 0 saturated heterocycles. The third kappa shape index (κ3) is 3.43. The molecule has 0 unspecified atom stereocenters. The molecule has 1 amide bonds. The van der Waals surface area contributed by atoms with Gasteiger partial charge in [-0.2, -0.15) is 5.10 Å². The SMILES string of the molecule is CC/C(=N\NC(=O)Cn1cnc2c1c(=O)n(C)c(=O)n2C)c1ccc(O)cc1. The van der Waals surface area contributed by atoms with E-state index in [1.165, 1.54) is 29.6 Å². The smallest absolute Gasteiger partial charge is 0.332 e. The van der Waals surface area contributed by atoms with Crippen molar-refractivity contribution in [3.8, 4) is 5.75 Å². The summed E-state index contributed by atoms with van der Waals surface area (Å²) in [7, 11) is 2.88. The van der Waals surface area contributed by atoms with E-state index >= 15 is 0 Å². The molecule has 0 radical (unpaired) electrons. The Morgan fingerprint density at radius 3 is 2.50 bits per heavy atom. The first kappa shape index (κ1) is 19.1. The van der Waals surface area contributed by atoms with E-state index in [-0.39, 0.29) is 23.5 Å². The first-order valence-corrected chi connectivity index (χ1v) is 8.59. The molecule has 0 aliphatic rings. The van der Waals surface area contributed by atoms with E-state index in [4.69, 9.17) is 0 Å². The molecule has 0 saturated carbocycles. The van der Waals surface area contributed by atoms with Crippen molar-refractivity contribution < 1.29 is 9.90 Å². The van der Waals surface area contributed by atoms with Crippen LogP contribution in [-0.2, 0) is 25.4 Å². The van der Waals surface area contributed by atoms with Crippen molar-refractivity contribution in [2.24, 2.45) is 19.2 Å². The number of carbonyl (C=O) groups excluding carboxylic acids is 1. The number of aromatic nitrogens is 4. The lowest BCUT2D eigenvalue weighted by molar-refractivity contribution is -0.121. The van der Waals surface area contributed by atoms with Crippen molar-refractivity contribution >= 4 is 22.8 Å². The Labute approximate surface area is 159 Å². The molecule has 10 nitrogen and oxygen atoms in total. The molecule has 3 aromatic rings. The van der Waals surface area contributed by atoms with Gasteiger partial charge in [0.1, 0.15) is 12.3 Å². The number of phenols is 1. The number of nitrogens with zero attached hydrogens (tertiary/aromatic N) is 5. The Bertz CT molecular complexity index is 1180. The van der Waals surface area contributed by atoms with Crippen LogP contribution in [0.1, 0.15) is 18.9 Å². The number of phenolic OH excluding ortho intramolecular Hbond substituents is 1. The van der Waals surface area contributed by atoms with E-state index in [9.17, 15) is 19.5 Å². The Hall–Kier alpha value is -3.69. The molecular formula is C18H20N6O4. The summed E-state index contributed by atoms with van der Waals surface area (Å²) in [6.07, 6.45) is 1.91. The molecule has 2 aromatic heterocycles. The lowest BCUT2D eigenvalue weighted by Crippen LogP contribution is -2.38. The van der Waals surface area contributed by atoms with Gasteiger partial charge in [-0.05, 0) is 36.2 Å². The van der Waals surface area contributed by atoms with Gasteiger partial charge in [0.15, 0.2) is 11.2 Å². The zero-order valence-electron chi connectivity index (χ0n) is 15.7. The van der Waals surface area contributed by atoms with Crippen LogP contribution < -0.4 is 16.7 Å². The van der Waals surface area contributed by atoms with Crippen molar-refractivity contribution in [3.05, 3.63) is 57.0 Å². The molecule has 10 heteroatoms. The van der Waals surface area contributed by atoms with Crippen LogP contribution in [0.5, 0.6) is 5.75 Å². The standard InChI is InChI=1S/C18H20N6O4/c1-4-13(11-5-7-12(25)8-6-11)20-21-14(26)9-24-10-19-16-15(24)17(27)23(3)18(28)22(16)2/h5-8,10,25H,4,9H2,1-3H3,(H,21,26)/b20-13+. The second kappa shape index (κ2) is 7.51. The average molecular weight is 384 g/mol. The monoisotopic (exact) mass is 384 g/mol. The predicted octanol–water partition coefficient (Wildman–Crippen LogP) is 0.0698. The van der Waals surface area contributed by atoms with Crippen molar-refractivity contribution in [2.45, 2.75) is 19.9 Å². The Kier molecular flexibility index (Phi) is 5.12. The van der Waals surface area contributed by atoms with Crippen LogP contribution in [0, 0.1) is 0 Å². The summed E-state index contributed by atoms with van der Waals surface area (Å²) >= 11 is 0. The second-order valence-electron chi connectivity index (χ2n) is 6.24. The topological polar surface area (TPSA) is 124 Å². The number of aryl methyl sites for hydroxylation is 1. The van der Waals surface area contributed by atoms with E-state index in [0.29, 0.717) is 12.1 Å². The quantitative estimate of drug-likeness (QED) is 0.476. The molecular weight excluding hydrogens is 364 g/mol. The lowest BCUT2D eigenvalue weighted by Gasteiger charge is -2.07. The molecule has 0 spiro atoms. The van der Waals surface area contributed by atoms with Crippen LogP contribution in [0.4, 0.5) is 0 Å². The van der Waals surface area contributed by atoms with Gasteiger partial charge in [0.2, 0.25) is 0 Å². The number of hydrogen-bond acceptors (Lipinski definition) is 6. The van der Waals surface area contributed by atoms with Crippen LogP contribution in [-0.4, -0.2) is 35.4 Å². The van der Waals surface area contributed by atoms with Gasteiger partial charge in [-0.3, -0.25) is 18.7 Å². The summed E-state index contributed by atoms with van der Waals surface area (Å²) in [5.41, 5.74) is 3.25. The summed E-state index contributed by atoms with van der Waals surface area (Å²) in [4.78, 5) is 40.8. The Balaban J connectivity index is 1.84. The minimum absolute atomic E-state index is 0.145. The van der Waals surface area contributed by atoms with E-state index in [2.05, 4.69) is 15.5 Å². The Morgan fingerprint density at radius 2 is 1.86 bits per heavy atom. The largest absolute Gasteiger partial charge is 0.508 e. The van der Waals surface area contributed by atoms with Gasteiger partial charge < -0.3 is 9.67 Å². The van der Waals surface area contributed by atoms with Gasteiger partial charge in [0, 0.05) is 14.1 Å². The summed E-state index contributed by atoms with van der Waals surface area (Å²) < 4.78 is 3.61. The molecule has 0 aliphatic heterocycles. The molecule has 146 valence electrons. The predicted molar refractivity (Wildman–Crippen MR) is 103 cm³/mol. The third-order valence-corrected chi connectivity index (χ3v) is 4.38. The van der Waals surface area contributed by atoms with E-state index < -0.39 is 17.2 Å². The minimum Gasteiger partial charge on any atom is -0.508 e. The molecule has 1 aromatic carbocycles. The fourth-order valence-corrected chi connectivity index (χ4v) is 2.84. The molecule has 0 bridgehead atoms. The number of hydrogen-bond donors (Lipinski definition) is 2. The third-order valence-electron chi connectivity index (χ3n) is 4.38. The normalized spacial score (nSPS) is 11.8. The number of rotatable bonds is 5. The number of fused-ring (bicyclic) bond motifs is 1. The lowest BCUT2D eigenvalue weighted by atomic mass is 10.1. The zero-order valence-corrected chi connectivity index (χ0v) is 15.7. The summed E-state index contributed by atoms with van der Waals surface area (Å²) in [6.45, 7) is 1.71. The summed E-state index contributed by atoms with van der Waals surface area (Å²) in [6, 6.07) is 6.49. The molecule has 3 rings (SSSR count). The number of amides is 1. The summed E-state index contributed by atoms with van der Waals surface area (Å²) in [5.74, 6) is -0.300. The molecule has 0 aliphatic carbocycles. The fourth-order valence-electron chi connectivity index (χ4n) is 2.84. The minimum atomic E-state index is -0.523. The van der Waals surface area contributed by atoms with Crippen LogP contribution in [0.25, 0.3) is 11.2 Å². The maximum absolute atomic E-state index is 12.4. The van der Waals surface area contributed by atoms with Crippen molar-refractivity contribution in [2.75, 3.05) is 0 Å². The highest BCUT2D eigenvalue weighted by molar-refractivity contribution is 6.01. The van der Waals surface area contributed by atoms with Crippen molar-refractivity contribution in [1.82, 2.24) is 24.1 Å². The van der Waals surface area contributed by atoms with Crippen LogP contribution in [0.3, 0.4) is 0 Å². The van der Waals surface area contributed by atoms with Gasteiger partial charge >= 0.3 is 5.69 Å². The number of hydrazone groups is 1. The Morgan fingerprint density at radius 1 is 1.18 bits per heavy atom. The van der Waals surface area contributed by atoms with Crippen LogP contribution >= 0.6 is 0 Å². The van der Waals surface area contributed by atoms with Crippen molar-refractivity contribution in [1.29, 1.82) is 0 Å². The van der Waals surface area contributed by atoms with E-state index in [1.807, 2.05) is 6.92 Å². The fraction of sp³-hybridized carbons (Fsp3) is 0.278. The van der Waals surface area contributed by atoms with E-state index in [1.54, 1.807) is 24.3 Å². The number of nitrogens with one attached hydrogen (secondary N) is 1. The maximum Gasteiger partial charge on any atom is 0.332 e. The summed E-state index contributed by atoms with van der Waals surface area (Å²) in [5, 5.41) is 13.5. The van der Waals surface area contributed by atoms with Crippen LogP contribution in [0.2, 0.25) is 0 Å². The maximum atomic E-state index is 12.4. The van der Waals surface area contributed by atoms with Gasteiger partial charge in [-0.1, -0.05) is 6.92 Å². The molecule has 2 heterocycles. The van der Waals surface area contributed by atoms with Gasteiger partial charge in [-0.25, -0.2) is 15.2 Å². The first-order chi connectivity index (χ1) is 13.3. The highest BCUT2D eigenvalue weighted by Crippen LogP contribution is 2.11. The van der Waals surface area contributed by atoms with Gasteiger partial charge in [0.05, 0.1) is 12.0 Å². The number of benzene rings is 1. The van der Waals surface area contributed by atoms with E-state index in [0.717, 1.165) is 10.1 Å². The van der Waals surface area contributed by atoms with Gasteiger partial charge in [0.25, 0.3) is 11.5 Å². The molecule has 0 fully saturated rings. The number of carbonyl (C=O) groups is 1. The van der Waals surface area contributed by atoms with Gasteiger partial charge in [-0.15, -0.1) is 0 Å². The van der Waals surface area contributed by atoms with Crippen LogP contribution in [0.15, 0.2) is 45.3 Å². The highest BCUT2D eigenvalue weighted by Gasteiger charge is 2.16. The van der Waals surface area contributed by atoms with Crippen molar-refractivity contribution in [3.63, 3.8) is 0 Å². The molecule has 28 heavy (non-hydrogen) atoms. The molecule has 2 N–H and O–H groups in total. The number of aromatic hydroxyl groups is 1. The molecule has 0 atom stereocenters.